The molecule has 92 valence electrons. The fourth-order valence-electron chi connectivity index (χ4n) is 1.45. The van der Waals surface area contributed by atoms with E-state index in [0.29, 0.717) is 28.4 Å². The molecule has 1 heterocycles. The van der Waals surface area contributed by atoms with Gasteiger partial charge < -0.3 is 10.6 Å². The lowest BCUT2D eigenvalue weighted by atomic mass is 10.2. The van der Waals surface area contributed by atoms with E-state index in [1.807, 2.05) is 6.07 Å². The molecule has 2 aromatic rings. The summed E-state index contributed by atoms with van der Waals surface area (Å²) in [6.45, 7) is 1.76. The molecular formula is C12H11N3O2S. The van der Waals surface area contributed by atoms with Crippen molar-refractivity contribution in [1.82, 2.24) is 4.37 Å². The molecule has 0 saturated heterocycles. The van der Waals surface area contributed by atoms with E-state index in [-0.39, 0.29) is 5.91 Å². The Balaban J connectivity index is 2.19. The van der Waals surface area contributed by atoms with Crippen LogP contribution in [0.1, 0.15) is 16.1 Å². The molecule has 6 heteroatoms. The molecule has 0 spiro atoms. The Labute approximate surface area is 108 Å². The highest BCUT2D eigenvalue weighted by atomic mass is 32.1. The van der Waals surface area contributed by atoms with E-state index >= 15 is 0 Å². The molecule has 2 rings (SSSR count). The molecule has 0 atom stereocenters. The summed E-state index contributed by atoms with van der Waals surface area (Å²) in [5.41, 5.74) is 1.77. The molecule has 0 bridgehead atoms. The van der Waals surface area contributed by atoms with Gasteiger partial charge in [0.05, 0.1) is 11.4 Å². The van der Waals surface area contributed by atoms with Gasteiger partial charge in [-0.2, -0.15) is 4.37 Å². The van der Waals surface area contributed by atoms with Crippen LogP contribution in [-0.4, -0.2) is 16.7 Å². The second-order valence-electron chi connectivity index (χ2n) is 3.55. The van der Waals surface area contributed by atoms with Gasteiger partial charge in [0.15, 0.2) is 0 Å². The Kier molecular flexibility index (Phi) is 3.69. The average Bonchev–Trinajstić information content (AvgIpc) is 2.73. The van der Waals surface area contributed by atoms with Crippen molar-refractivity contribution >= 4 is 34.5 Å². The molecule has 1 aromatic heterocycles. The number of hydrogen-bond donors (Lipinski definition) is 2. The van der Waals surface area contributed by atoms with Gasteiger partial charge in [0.1, 0.15) is 5.00 Å². The normalized spacial score (nSPS) is 9.83. The van der Waals surface area contributed by atoms with E-state index in [9.17, 15) is 9.59 Å². The summed E-state index contributed by atoms with van der Waals surface area (Å²) >= 11 is 1.14. The second-order valence-corrected chi connectivity index (χ2v) is 4.33. The molecule has 0 unspecified atom stereocenters. The minimum Gasteiger partial charge on any atom is -0.325 e. The summed E-state index contributed by atoms with van der Waals surface area (Å²) in [5, 5.41) is 5.80. The molecule has 0 fully saturated rings. The molecule has 2 amide bonds. The van der Waals surface area contributed by atoms with Crippen molar-refractivity contribution in [2.24, 2.45) is 0 Å². The maximum atomic E-state index is 11.9. The van der Waals surface area contributed by atoms with Crippen LogP contribution >= 0.6 is 11.5 Å². The fourth-order valence-corrected chi connectivity index (χ4v) is 2.20. The van der Waals surface area contributed by atoms with Crippen molar-refractivity contribution in [2.75, 3.05) is 10.6 Å². The number of carbonyl (C=O) groups is 2. The van der Waals surface area contributed by atoms with Crippen molar-refractivity contribution in [3.8, 4) is 0 Å². The number of aromatic nitrogens is 1. The zero-order valence-corrected chi connectivity index (χ0v) is 10.5. The standard InChI is InChI=1S/C12H11N3O2S/c1-8-10(13-7-16)12(18-15-8)14-11(17)9-5-3-2-4-6-9/h2-7H,1H3,(H,13,16)(H,14,17). The van der Waals surface area contributed by atoms with Gasteiger partial charge in [-0.3, -0.25) is 9.59 Å². The lowest BCUT2D eigenvalue weighted by Gasteiger charge is -2.04. The molecule has 18 heavy (non-hydrogen) atoms. The van der Waals surface area contributed by atoms with E-state index < -0.39 is 0 Å². The van der Waals surface area contributed by atoms with Crippen molar-refractivity contribution in [3.63, 3.8) is 0 Å². The van der Waals surface area contributed by atoms with E-state index in [1.54, 1.807) is 31.2 Å². The minimum atomic E-state index is -0.229. The monoisotopic (exact) mass is 261 g/mol. The highest BCUT2D eigenvalue weighted by Gasteiger charge is 2.13. The van der Waals surface area contributed by atoms with Gasteiger partial charge >= 0.3 is 0 Å². The highest BCUT2D eigenvalue weighted by molar-refractivity contribution is 7.11. The summed E-state index contributed by atoms with van der Waals surface area (Å²) in [5.74, 6) is -0.229. The summed E-state index contributed by atoms with van der Waals surface area (Å²) in [6, 6.07) is 8.86. The third-order valence-electron chi connectivity index (χ3n) is 2.33. The van der Waals surface area contributed by atoms with Crippen LogP contribution < -0.4 is 10.6 Å². The van der Waals surface area contributed by atoms with Crippen molar-refractivity contribution < 1.29 is 9.59 Å². The molecule has 0 radical (unpaired) electrons. The number of anilines is 2. The first-order chi connectivity index (χ1) is 8.72. The van der Waals surface area contributed by atoms with Gasteiger partial charge in [0.2, 0.25) is 6.41 Å². The largest absolute Gasteiger partial charge is 0.325 e. The van der Waals surface area contributed by atoms with Crippen LogP contribution in [0.15, 0.2) is 30.3 Å². The first-order valence-electron chi connectivity index (χ1n) is 5.25. The first kappa shape index (κ1) is 12.3. The number of rotatable bonds is 4. The molecule has 0 aliphatic carbocycles. The van der Waals surface area contributed by atoms with Crippen LogP contribution in [0.4, 0.5) is 10.7 Å². The van der Waals surface area contributed by atoms with Crippen LogP contribution in [0.25, 0.3) is 0 Å². The van der Waals surface area contributed by atoms with Crippen LogP contribution in [0.2, 0.25) is 0 Å². The quantitative estimate of drug-likeness (QED) is 0.829. The Hall–Kier alpha value is -2.21. The number of hydrogen-bond acceptors (Lipinski definition) is 4. The van der Waals surface area contributed by atoms with Gasteiger partial charge in [-0.05, 0) is 30.6 Å². The summed E-state index contributed by atoms with van der Waals surface area (Å²) < 4.78 is 4.09. The number of carbonyl (C=O) groups excluding carboxylic acids is 2. The molecule has 0 aliphatic rings. The lowest BCUT2D eigenvalue weighted by Crippen LogP contribution is -2.12. The Bertz CT molecular complexity index is 566. The van der Waals surface area contributed by atoms with Gasteiger partial charge in [-0.15, -0.1) is 0 Å². The van der Waals surface area contributed by atoms with Gasteiger partial charge in [0, 0.05) is 5.56 Å². The van der Waals surface area contributed by atoms with Crippen molar-refractivity contribution in [2.45, 2.75) is 6.92 Å². The second kappa shape index (κ2) is 5.42. The summed E-state index contributed by atoms with van der Waals surface area (Å²) in [4.78, 5) is 22.4. The maximum absolute atomic E-state index is 11.9. The molecule has 2 N–H and O–H groups in total. The third kappa shape index (κ3) is 2.54. The van der Waals surface area contributed by atoms with Gasteiger partial charge in [0.25, 0.3) is 5.91 Å². The Morgan fingerprint density at radius 3 is 2.72 bits per heavy atom. The smallest absolute Gasteiger partial charge is 0.256 e. The zero-order chi connectivity index (χ0) is 13.0. The molecule has 0 aliphatic heterocycles. The summed E-state index contributed by atoms with van der Waals surface area (Å²) in [6.07, 6.45) is 0.564. The Morgan fingerprint density at radius 1 is 1.33 bits per heavy atom. The number of nitrogens with zero attached hydrogens (tertiary/aromatic N) is 1. The van der Waals surface area contributed by atoms with Crippen LogP contribution in [-0.2, 0) is 4.79 Å². The van der Waals surface area contributed by atoms with E-state index in [4.69, 9.17) is 0 Å². The SMILES string of the molecule is Cc1nsc(NC(=O)c2ccccc2)c1NC=O. The maximum Gasteiger partial charge on any atom is 0.256 e. The number of benzene rings is 1. The fraction of sp³-hybridized carbons (Fsp3) is 0.0833. The zero-order valence-electron chi connectivity index (χ0n) is 9.64. The molecular weight excluding hydrogens is 250 g/mol. The van der Waals surface area contributed by atoms with Crippen molar-refractivity contribution in [1.29, 1.82) is 0 Å². The predicted molar refractivity (Wildman–Crippen MR) is 70.9 cm³/mol. The molecule has 1 aromatic carbocycles. The third-order valence-corrected chi connectivity index (χ3v) is 3.18. The van der Waals surface area contributed by atoms with E-state index in [0.717, 1.165) is 11.5 Å². The summed E-state index contributed by atoms with van der Waals surface area (Å²) in [7, 11) is 0. The Morgan fingerprint density at radius 2 is 2.06 bits per heavy atom. The first-order valence-corrected chi connectivity index (χ1v) is 6.02. The average molecular weight is 261 g/mol. The highest BCUT2D eigenvalue weighted by Crippen LogP contribution is 2.29. The molecule has 5 nitrogen and oxygen atoms in total. The number of aryl methyl sites for hydroxylation is 1. The number of amides is 2. The predicted octanol–water partition coefficient (Wildman–Crippen LogP) is 2.27. The molecule has 0 saturated carbocycles. The van der Waals surface area contributed by atoms with Crippen LogP contribution in [0.3, 0.4) is 0 Å². The minimum absolute atomic E-state index is 0.229. The van der Waals surface area contributed by atoms with E-state index in [2.05, 4.69) is 15.0 Å². The van der Waals surface area contributed by atoms with Gasteiger partial charge in [-0.25, -0.2) is 0 Å². The number of nitrogens with one attached hydrogen (secondary N) is 2. The van der Waals surface area contributed by atoms with Crippen molar-refractivity contribution in [3.05, 3.63) is 41.6 Å². The van der Waals surface area contributed by atoms with Crippen LogP contribution in [0, 0.1) is 6.92 Å². The lowest BCUT2D eigenvalue weighted by molar-refractivity contribution is -0.105. The topological polar surface area (TPSA) is 71.1 Å². The van der Waals surface area contributed by atoms with Crippen LogP contribution in [0.5, 0.6) is 0 Å². The van der Waals surface area contributed by atoms with Gasteiger partial charge in [-0.1, -0.05) is 18.2 Å². The van der Waals surface area contributed by atoms with E-state index in [1.165, 1.54) is 0 Å².